The fraction of sp³-hybridized carbons (Fsp3) is 0.167. The molecule has 2 aliphatic rings. The van der Waals surface area contributed by atoms with Gasteiger partial charge in [-0.05, 0) is 18.1 Å². The monoisotopic (exact) mass is 409 g/mol. The number of rotatable bonds is 2. The van der Waals surface area contributed by atoms with E-state index in [0.29, 0.717) is 23.4 Å². The molecule has 6 rings (SSSR count). The molecule has 2 amide bonds. The van der Waals surface area contributed by atoms with E-state index in [1.54, 1.807) is 10.9 Å². The summed E-state index contributed by atoms with van der Waals surface area (Å²) in [6.07, 6.45) is 4.65. The summed E-state index contributed by atoms with van der Waals surface area (Å²) in [6.45, 7) is 1.41. The van der Waals surface area contributed by atoms with Crippen LogP contribution in [-0.2, 0) is 29.1 Å². The molecule has 7 heteroatoms. The lowest BCUT2D eigenvalue weighted by atomic mass is 9.98. The maximum absolute atomic E-state index is 12.8. The zero-order valence-corrected chi connectivity index (χ0v) is 16.7. The van der Waals surface area contributed by atoms with Crippen molar-refractivity contribution in [2.24, 2.45) is 5.92 Å². The van der Waals surface area contributed by atoms with Crippen LogP contribution in [0.15, 0.2) is 67.0 Å². The average molecular weight is 409 g/mol. The summed E-state index contributed by atoms with van der Waals surface area (Å²) in [6, 6.07) is 18.4. The van der Waals surface area contributed by atoms with Crippen LogP contribution >= 0.6 is 0 Å². The summed E-state index contributed by atoms with van der Waals surface area (Å²) in [5.41, 5.74) is 4.14. The zero-order chi connectivity index (χ0) is 20.9. The number of amides is 2. The minimum Gasteiger partial charge on any atom is -0.346 e. The summed E-state index contributed by atoms with van der Waals surface area (Å²) in [5, 5.41) is 11.9. The topological polar surface area (TPSA) is 81.8 Å². The summed E-state index contributed by atoms with van der Waals surface area (Å²) in [4.78, 5) is 25.4. The predicted molar refractivity (Wildman–Crippen MR) is 116 cm³/mol. The van der Waals surface area contributed by atoms with Gasteiger partial charge in [0.15, 0.2) is 0 Å². The van der Waals surface area contributed by atoms with E-state index in [1.165, 1.54) is 5.56 Å². The van der Waals surface area contributed by atoms with Gasteiger partial charge in [-0.3, -0.25) is 19.6 Å². The quantitative estimate of drug-likeness (QED) is 0.516. The van der Waals surface area contributed by atoms with Crippen molar-refractivity contribution < 1.29 is 9.59 Å². The van der Waals surface area contributed by atoms with Crippen molar-refractivity contribution in [1.29, 1.82) is 0 Å². The molecule has 1 atom stereocenters. The van der Waals surface area contributed by atoms with Crippen molar-refractivity contribution in [3.8, 4) is 0 Å². The van der Waals surface area contributed by atoms with E-state index in [9.17, 15) is 9.59 Å². The van der Waals surface area contributed by atoms with Crippen LogP contribution in [0.25, 0.3) is 22.0 Å². The molecule has 0 radical (unpaired) electrons. The first-order valence-electron chi connectivity index (χ1n) is 10.3. The maximum atomic E-state index is 12.8. The van der Waals surface area contributed by atoms with E-state index >= 15 is 0 Å². The van der Waals surface area contributed by atoms with Crippen molar-refractivity contribution in [2.75, 3.05) is 0 Å². The van der Waals surface area contributed by atoms with E-state index in [2.05, 4.69) is 50.5 Å². The van der Waals surface area contributed by atoms with E-state index in [0.717, 1.165) is 29.4 Å². The molecule has 31 heavy (non-hydrogen) atoms. The van der Waals surface area contributed by atoms with Crippen LogP contribution in [0.5, 0.6) is 0 Å². The van der Waals surface area contributed by atoms with E-state index in [1.807, 2.05) is 30.5 Å². The Kier molecular flexibility index (Phi) is 3.89. The molecular weight excluding hydrogens is 390 g/mol. The van der Waals surface area contributed by atoms with Gasteiger partial charge in [0.2, 0.25) is 0 Å². The summed E-state index contributed by atoms with van der Waals surface area (Å²) >= 11 is 0. The Hall–Kier alpha value is -4.00. The highest BCUT2D eigenvalue weighted by Crippen LogP contribution is 2.36. The van der Waals surface area contributed by atoms with Crippen LogP contribution < -0.4 is 5.32 Å². The van der Waals surface area contributed by atoms with Gasteiger partial charge < -0.3 is 4.57 Å². The minimum atomic E-state index is -0.427. The normalized spacial score (nSPS) is 18.1. The number of imide groups is 1. The molecule has 4 aromatic rings. The third kappa shape index (κ3) is 2.89. The molecule has 0 fully saturated rings. The predicted octanol–water partition coefficient (Wildman–Crippen LogP) is 2.67. The number of para-hydroxylation sites is 1. The van der Waals surface area contributed by atoms with Gasteiger partial charge in [-0.2, -0.15) is 0 Å². The number of carbonyl (C=O) groups is 2. The molecule has 4 bridgehead atoms. The number of hydrogen-bond acceptors (Lipinski definition) is 4. The first-order valence-corrected chi connectivity index (χ1v) is 10.3. The fourth-order valence-electron chi connectivity index (χ4n) is 4.73. The van der Waals surface area contributed by atoms with Gasteiger partial charge in [0.05, 0.1) is 17.3 Å². The molecule has 2 aromatic carbocycles. The summed E-state index contributed by atoms with van der Waals surface area (Å²) in [7, 11) is 0. The number of aromatic nitrogens is 4. The Morgan fingerprint density at radius 3 is 2.55 bits per heavy atom. The lowest BCUT2D eigenvalue weighted by Crippen LogP contribution is -2.23. The minimum absolute atomic E-state index is 0.248. The SMILES string of the molecule is O=C1NC(=O)C2=C1c1cn(nn1)CC(Cc1ccccc1)Cn1cc2c2ccccc21. The lowest BCUT2D eigenvalue weighted by molar-refractivity contribution is -0.122. The van der Waals surface area contributed by atoms with Gasteiger partial charge in [0, 0.05) is 41.7 Å². The van der Waals surface area contributed by atoms with Gasteiger partial charge in [-0.25, -0.2) is 0 Å². The van der Waals surface area contributed by atoms with Gasteiger partial charge in [-0.15, -0.1) is 5.10 Å². The van der Waals surface area contributed by atoms with E-state index in [4.69, 9.17) is 0 Å². The third-order valence-electron chi connectivity index (χ3n) is 6.05. The Morgan fingerprint density at radius 2 is 1.68 bits per heavy atom. The van der Waals surface area contributed by atoms with Crippen LogP contribution in [0.2, 0.25) is 0 Å². The third-order valence-corrected chi connectivity index (χ3v) is 6.05. The molecule has 7 nitrogen and oxygen atoms in total. The molecule has 0 saturated carbocycles. The largest absolute Gasteiger partial charge is 0.346 e. The lowest BCUT2D eigenvalue weighted by Gasteiger charge is -2.18. The molecule has 1 unspecified atom stereocenters. The zero-order valence-electron chi connectivity index (χ0n) is 16.7. The number of nitrogens with one attached hydrogen (secondary N) is 1. The first-order chi connectivity index (χ1) is 15.2. The second-order valence-corrected chi connectivity index (χ2v) is 8.13. The highest BCUT2D eigenvalue weighted by molar-refractivity contribution is 6.49. The standard InChI is InChI=1S/C24H19N5O2/c30-23-21-18-13-28(20-9-5-4-8-17(18)20)11-16(10-15-6-2-1-3-7-15)12-29-14-19(26-27-29)22(21)24(31)25-23/h1-9,13-14,16H,10-12H2,(H,25,30,31). The van der Waals surface area contributed by atoms with Crippen LogP contribution in [0, 0.1) is 5.92 Å². The van der Waals surface area contributed by atoms with Crippen LogP contribution in [-0.4, -0.2) is 31.4 Å². The van der Waals surface area contributed by atoms with Gasteiger partial charge in [-0.1, -0.05) is 53.7 Å². The Labute approximate surface area is 178 Å². The van der Waals surface area contributed by atoms with Crippen LogP contribution in [0.3, 0.4) is 0 Å². The number of carbonyl (C=O) groups excluding carboxylic acids is 2. The van der Waals surface area contributed by atoms with Crippen molar-refractivity contribution in [2.45, 2.75) is 19.5 Å². The van der Waals surface area contributed by atoms with Gasteiger partial charge in [0.25, 0.3) is 11.8 Å². The molecule has 0 saturated heterocycles. The average Bonchev–Trinajstić information content (AvgIpc) is 3.43. The number of fused-ring (bicyclic) bond motifs is 9. The van der Waals surface area contributed by atoms with Gasteiger partial charge >= 0.3 is 0 Å². The van der Waals surface area contributed by atoms with E-state index < -0.39 is 11.8 Å². The Morgan fingerprint density at radius 1 is 0.903 bits per heavy atom. The second-order valence-electron chi connectivity index (χ2n) is 8.13. The van der Waals surface area contributed by atoms with Crippen molar-refractivity contribution in [1.82, 2.24) is 24.9 Å². The summed E-state index contributed by atoms with van der Waals surface area (Å²) in [5.74, 6) is -0.570. The number of benzene rings is 2. The Bertz CT molecular complexity index is 1380. The van der Waals surface area contributed by atoms with Crippen molar-refractivity contribution >= 4 is 33.9 Å². The highest BCUT2D eigenvalue weighted by atomic mass is 16.2. The molecule has 2 aliphatic heterocycles. The van der Waals surface area contributed by atoms with E-state index in [-0.39, 0.29) is 5.92 Å². The maximum Gasteiger partial charge on any atom is 0.261 e. The molecule has 0 spiro atoms. The van der Waals surface area contributed by atoms with Crippen LogP contribution in [0.1, 0.15) is 16.8 Å². The molecule has 1 N–H and O–H groups in total. The molecule has 0 aliphatic carbocycles. The number of hydrogen-bond donors (Lipinski definition) is 1. The number of nitrogens with zero attached hydrogens (tertiary/aromatic N) is 4. The van der Waals surface area contributed by atoms with Crippen molar-refractivity contribution in [3.05, 3.63) is 83.8 Å². The molecule has 152 valence electrons. The van der Waals surface area contributed by atoms with Crippen molar-refractivity contribution in [3.63, 3.8) is 0 Å². The fourth-order valence-corrected chi connectivity index (χ4v) is 4.73. The van der Waals surface area contributed by atoms with Gasteiger partial charge in [0.1, 0.15) is 5.69 Å². The first kappa shape index (κ1) is 17.8. The molecule has 2 aromatic heterocycles. The smallest absolute Gasteiger partial charge is 0.261 e. The Balaban J connectivity index is 1.57. The molecule has 4 heterocycles. The van der Waals surface area contributed by atoms with Crippen LogP contribution in [0.4, 0.5) is 0 Å². The second kappa shape index (κ2) is 6.77. The highest BCUT2D eigenvalue weighted by Gasteiger charge is 2.36. The summed E-state index contributed by atoms with van der Waals surface area (Å²) < 4.78 is 3.97. The molecular formula is C24H19N5O2.